The van der Waals surface area contributed by atoms with Gasteiger partial charge in [0.2, 0.25) is 17.4 Å². The standard InChI is InChI=1S/C19H23FN2O4S/c1-4-26-18(25)19(9-10-27-3)14-13(16(23)22(2)17(14)24)15(21-19)11-7-5-6-8-12(11)20/h5-8,13-15,21H,4,9-10H2,1-3H3/p+1/t13-,14+,15-,19+/m0/s1. The predicted octanol–water partition coefficient (Wildman–Crippen LogP) is 0.730. The molecule has 0 saturated carbocycles. The molecular weight excluding hydrogens is 371 g/mol. The van der Waals surface area contributed by atoms with Crippen LogP contribution >= 0.6 is 11.8 Å². The Kier molecular flexibility index (Phi) is 5.58. The van der Waals surface area contributed by atoms with Crippen LogP contribution in [0, 0.1) is 17.7 Å². The van der Waals surface area contributed by atoms with Crippen molar-refractivity contribution in [3.8, 4) is 0 Å². The van der Waals surface area contributed by atoms with E-state index in [2.05, 4.69) is 0 Å². The highest BCUT2D eigenvalue weighted by molar-refractivity contribution is 7.98. The van der Waals surface area contributed by atoms with Crippen molar-refractivity contribution in [1.29, 1.82) is 0 Å². The first-order chi connectivity index (χ1) is 12.9. The van der Waals surface area contributed by atoms with Gasteiger partial charge < -0.3 is 10.1 Å². The molecule has 4 atom stereocenters. The number of hydrogen-bond donors (Lipinski definition) is 1. The van der Waals surface area contributed by atoms with Crippen LogP contribution in [-0.4, -0.2) is 53.9 Å². The summed E-state index contributed by atoms with van der Waals surface area (Å²) in [6.45, 7) is 1.88. The van der Waals surface area contributed by atoms with Crippen molar-refractivity contribution < 1.29 is 28.8 Å². The fourth-order valence-corrected chi connectivity index (χ4v) is 4.91. The van der Waals surface area contributed by atoms with Gasteiger partial charge in [-0.3, -0.25) is 14.5 Å². The number of benzene rings is 1. The lowest BCUT2D eigenvalue weighted by molar-refractivity contribution is -0.734. The van der Waals surface area contributed by atoms with Gasteiger partial charge in [-0.2, -0.15) is 11.8 Å². The molecular formula is C19H24FN2O4S+. The second-order valence-electron chi connectivity index (χ2n) is 6.96. The van der Waals surface area contributed by atoms with Gasteiger partial charge in [0.15, 0.2) is 0 Å². The highest BCUT2D eigenvalue weighted by atomic mass is 32.2. The molecule has 2 N–H and O–H groups in total. The second kappa shape index (κ2) is 7.59. The number of ether oxygens (including phenoxy) is 1. The van der Waals surface area contributed by atoms with Crippen LogP contribution in [0.5, 0.6) is 0 Å². The van der Waals surface area contributed by atoms with Gasteiger partial charge in [-0.25, -0.2) is 9.18 Å². The molecule has 6 nitrogen and oxygen atoms in total. The summed E-state index contributed by atoms with van der Waals surface area (Å²) in [5.41, 5.74) is -0.895. The number of halogens is 1. The van der Waals surface area contributed by atoms with Gasteiger partial charge in [0, 0.05) is 19.0 Å². The van der Waals surface area contributed by atoms with E-state index in [1.54, 1.807) is 42.2 Å². The highest BCUT2D eigenvalue weighted by Gasteiger charge is 2.72. The predicted molar refractivity (Wildman–Crippen MR) is 98.2 cm³/mol. The molecule has 1 aromatic carbocycles. The fraction of sp³-hybridized carbons (Fsp3) is 0.526. The van der Waals surface area contributed by atoms with Crippen molar-refractivity contribution in [3.63, 3.8) is 0 Å². The van der Waals surface area contributed by atoms with E-state index in [1.807, 2.05) is 6.26 Å². The second-order valence-corrected chi connectivity index (χ2v) is 7.94. The van der Waals surface area contributed by atoms with Crippen LogP contribution < -0.4 is 5.32 Å². The van der Waals surface area contributed by atoms with E-state index in [4.69, 9.17) is 4.74 Å². The monoisotopic (exact) mass is 395 g/mol. The third-order valence-corrected chi connectivity index (χ3v) is 6.24. The first kappa shape index (κ1) is 19.8. The SMILES string of the molecule is CCOC(=O)[C@]1(CCSC)[NH2+][C@@H](c2ccccc2F)[C@H]2C(=O)N(C)C(=O)[C@@H]21. The van der Waals surface area contributed by atoms with E-state index < -0.39 is 41.1 Å². The van der Waals surface area contributed by atoms with Crippen molar-refractivity contribution in [3.05, 3.63) is 35.6 Å². The molecule has 2 amide bonds. The Morgan fingerprint density at radius 2 is 2.04 bits per heavy atom. The molecule has 2 heterocycles. The van der Waals surface area contributed by atoms with Gasteiger partial charge in [-0.05, 0) is 25.0 Å². The summed E-state index contributed by atoms with van der Waals surface area (Å²) in [6.07, 6.45) is 2.28. The molecule has 146 valence electrons. The van der Waals surface area contributed by atoms with Gasteiger partial charge in [0.25, 0.3) is 0 Å². The molecule has 8 heteroatoms. The summed E-state index contributed by atoms with van der Waals surface area (Å²) in [4.78, 5) is 39.8. The number of carbonyl (C=O) groups is 3. The third-order valence-electron chi connectivity index (χ3n) is 5.63. The summed E-state index contributed by atoms with van der Waals surface area (Å²) in [5, 5.41) is 1.71. The summed E-state index contributed by atoms with van der Waals surface area (Å²) < 4.78 is 19.8. The summed E-state index contributed by atoms with van der Waals surface area (Å²) in [5.74, 6) is -2.75. The van der Waals surface area contributed by atoms with Crippen molar-refractivity contribution in [1.82, 2.24) is 4.90 Å². The smallest absolute Gasteiger partial charge is 0.368 e. The van der Waals surface area contributed by atoms with Crippen LogP contribution in [0.4, 0.5) is 4.39 Å². The number of nitrogens with zero attached hydrogens (tertiary/aromatic N) is 1. The lowest BCUT2D eigenvalue weighted by Gasteiger charge is -2.29. The van der Waals surface area contributed by atoms with Crippen LogP contribution in [0.25, 0.3) is 0 Å². The maximum Gasteiger partial charge on any atom is 0.368 e. The summed E-state index contributed by atoms with van der Waals surface area (Å²) in [7, 11) is 1.42. The minimum absolute atomic E-state index is 0.174. The van der Waals surface area contributed by atoms with E-state index >= 15 is 0 Å². The molecule has 2 fully saturated rings. The number of rotatable bonds is 6. The minimum atomic E-state index is -1.23. The maximum absolute atomic E-state index is 14.5. The molecule has 1 aromatic rings. The molecule has 0 spiro atoms. The van der Waals surface area contributed by atoms with Gasteiger partial charge >= 0.3 is 5.97 Å². The molecule has 0 radical (unpaired) electrons. The van der Waals surface area contributed by atoms with E-state index in [0.29, 0.717) is 17.7 Å². The molecule has 0 bridgehead atoms. The van der Waals surface area contributed by atoms with E-state index in [-0.39, 0.29) is 12.5 Å². The Morgan fingerprint density at radius 3 is 2.67 bits per heavy atom. The quantitative estimate of drug-likeness (QED) is 0.567. The number of hydrogen-bond acceptors (Lipinski definition) is 5. The molecule has 0 unspecified atom stereocenters. The molecule has 27 heavy (non-hydrogen) atoms. The van der Waals surface area contributed by atoms with Crippen molar-refractivity contribution in [2.45, 2.75) is 24.9 Å². The topological polar surface area (TPSA) is 80.3 Å². The number of esters is 1. The van der Waals surface area contributed by atoms with Crippen LogP contribution in [0.3, 0.4) is 0 Å². The lowest BCUT2D eigenvalue weighted by atomic mass is 9.77. The highest BCUT2D eigenvalue weighted by Crippen LogP contribution is 2.46. The molecule has 2 aliphatic rings. The Morgan fingerprint density at radius 1 is 1.33 bits per heavy atom. The number of quaternary nitrogens is 1. The number of nitrogens with two attached hydrogens (primary N) is 1. The first-order valence-electron chi connectivity index (χ1n) is 8.97. The number of amides is 2. The van der Waals surface area contributed by atoms with E-state index in [9.17, 15) is 18.8 Å². The summed E-state index contributed by atoms with van der Waals surface area (Å²) >= 11 is 1.55. The molecule has 3 rings (SSSR count). The van der Waals surface area contributed by atoms with Crippen molar-refractivity contribution in [2.24, 2.45) is 11.8 Å². The zero-order chi connectivity index (χ0) is 19.8. The lowest BCUT2D eigenvalue weighted by Crippen LogP contribution is -2.98. The van der Waals surface area contributed by atoms with Crippen LogP contribution in [0.1, 0.15) is 24.9 Å². The fourth-order valence-electron chi connectivity index (χ4n) is 4.37. The van der Waals surface area contributed by atoms with Crippen LogP contribution in [0.2, 0.25) is 0 Å². The number of likely N-dealkylation sites (tertiary alicyclic amines) is 1. The molecule has 2 aliphatic heterocycles. The molecule has 2 saturated heterocycles. The average Bonchev–Trinajstić information content (AvgIpc) is 3.11. The Balaban J connectivity index is 2.14. The number of carbonyl (C=O) groups excluding carboxylic acids is 3. The summed E-state index contributed by atoms with van der Waals surface area (Å²) in [6, 6.07) is 5.56. The number of fused-ring (bicyclic) bond motifs is 1. The van der Waals surface area contributed by atoms with Crippen LogP contribution in [0.15, 0.2) is 24.3 Å². The van der Waals surface area contributed by atoms with Crippen molar-refractivity contribution >= 4 is 29.5 Å². The third kappa shape index (κ3) is 3.04. The number of thioether (sulfide) groups is 1. The first-order valence-corrected chi connectivity index (χ1v) is 10.4. The largest absolute Gasteiger partial charge is 0.461 e. The van der Waals surface area contributed by atoms with E-state index in [1.165, 1.54) is 13.1 Å². The molecule has 0 aromatic heterocycles. The Hall–Kier alpha value is -1.93. The zero-order valence-corrected chi connectivity index (χ0v) is 16.4. The van der Waals surface area contributed by atoms with E-state index in [0.717, 1.165) is 4.90 Å². The number of imide groups is 1. The Bertz CT molecular complexity index is 774. The molecule has 0 aliphatic carbocycles. The van der Waals surface area contributed by atoms with Gasteiger partial charge in [-0.1, -0.05) is 18.2 Å². The average molecular weight is 395 g/mol. The normalized spacial score (nSPS) is 29.9. The Labute approximate surface area is 161 Å². The van der Waals surface area contributed by atoms with Crippen LogP contribution in [-0.2, 0) is 19.1 Å². The zero-order valence-electron chi connectivity index (χ0n) is 15.6. The minimum Gasteiger partial charge on any atom is -0.461 e. The van der Waals surface area contributed by atoms with Crippen molar-refractivity contribution in [2.75, 3.05) is 25.7 Å². The van der Waals surface area contributed by atoms with Gasteiger partial charge in [-0.15, -0.1) is 0 Å². The maximum atomic E-state index is 14.5. The van der Waals surface area contributed by atoms with Gasteiger partial charge in [0.1, 0.15) is 23.7 Å². The van der Waals surface area contributed by atoms with Gasteiger partial charge in [0.05, 0.1) is 6.61 Å².